The van der Waals surface area contributed by atoms with Crippen LogP contribution in [0.1, 0.15) is 12.8 Å². The lowest BCUT2D eigenvalue weighted by Gasteiger charge is -2.16. The molecule has 0 unspecified atom stereocenters. The summed E-state index contributed by atoms with van der Waals surface area (Å²) in [5, 5.41) is 8.83. The smallest absolute Gasteiger partial charge is 0.321 e. The number of carbonyl (C=O) groups is 2. The van der Waals surface area contributed by atoms with E-state index in [1.165, 1.54) is 0 Å². The fourth-order valence-electron chi connectivity index (χ4n) is 2.61. The average molecular weight is 274 g/mol. The van der Waals surface area contributed by atoms with Crippen LogP contribution >= 0.6 is 0 Å². The van der Waals surface area contributed by atoms with Crippen molar-refractivity contribution in [2.24, 2.45) is 0 Å². The van der Waals surface area contributed by atoms with E-state index in [0.29, 0.717) is 13.1 Å². The molecule has 2 aliphatic rings. The predicted octanol–water partition coefficient (Wildman–Crippen LogP) is 0.907. The van der Waals surface area contributed by atoms with Crippen molar-refractivity contribution >= 4 is 23.3 Å². The highest BCUT2D eigenvalue weighted by Gasteiger charge is 2.23. The molecule has 0 radical (unpaired) electrons. The number of amides is 3. The second kappa shape index (κ2) is 5.50. The van der Waals surface area contributed by atoms with E-state index < -0.39 is 0 Å². The molecule has 6 nitrogen and oxygen atoms in total. The summed E-state index contributed by atoms with van der Waals surface area (Å²) in [6, 6.07) is 7.19. The number of nitrogens with zero attached hydrogens (tertiary/aromatic N) is 1. The molecule has 2 fully saturated rings. The maximum atomic E-state index is 12.0. The van der Waals surface area contributed by atoms with Crippen LogP contribution in [-0.2, 0) is 4.79 Å². The average Bonchev–Trinajstić information content (AvgIpc) is 3.10. The Labute approximate surface area is 117 Å². The second-order valence-electron chi connectivity index (χ2n) is 5.07. The highest BCUT2D eigenvalue weighted by atomic mass is 16.2. The lowest BCUT2D eigenvalue weighted by atomic mass is 10.2. The van der Waals surface area contributed by atoms with Gasteiger partial charge in [-0.25, -0.2) is 4.79 Å². The maximum Gasteiger partial charge on any atom is 0.321 e. The minimum atomic E-state index is -0.103. The van der Waals surface area contributed by atoms with E-state index in [-0.39, 0.29) is 18.0 Å². The molecule has 0 aliphatic carbocycles. The van der Waals surface area contributed by atoms with Crippen LogP contribution in [0.5, 0.6) is 0 Å². The molecular weight excluding hydrogens is 256 g/mol. The van der Waals surface area contributed by atoms with E-state index in [4.69, 9.17) is 0 Å². The molecule has 0 aromatic heterocycles. The molecule has 0 saturated carbocycles. The molecular formula is C14H18N4O2. The first-order valence-corrected chi connectivity index (χ1v) is 6.94. The van der Waals surface area contributed by atoms with Crippen LogP contribution in [0.25, 0.3) is 0 Å². The summed E-state index contributed by atoms with van der Waals surface area (Å²) in [7, 11) is 0. The molecule has 1 aromatic rings. The van der Waals surface area contributed by atoms with Gasteiger partial charge in [0.05, 0.1) is 6.04 Å². The number of nitrogens with one attached hydrogen (secondary N) is 3. The topological polar surface area (TPSA) is 73.5 Å². The Morgan fingerprint density at radius 1 is 1.35 bits per heavy atom. The Balaban J connectivity index is 1.70. The third kappa shape index (κ3) is 2.60. The van der Waals surface area contributed by atoms with Gasteiger partial charge in [-0.3, -0.25) is 9.69 Å². The zero-order valence-electron chi connectivity index (χ0n) is 11.2. The highest BCUT2D eigenvalue weighted by molar-refractivity contribution is 5.97. The largest absolute Gasteiger partial charge is 0.336 e. The third-order valence-corrected chi connectivity index (χ3v) is 3.66. The molecule has 0 spiro atoms. The van der Waals surface area contributed by atoms with E-state index >= 15 is 0 Å². The normalized spacial score (nSPS) is 21.9. The maximum absolute atomic E-state index is 12.0. The van der Waals surface area contributed by atoms with Gasteiger partial charge in [0, 0.05) is 24.5 Å². The Bertz CT molecular complexity index is 526. The van der Waals surface area contributed by atoms with E-state index in [1.54, 1.807) is 4.90 Å². The van der Waals surface area contributed by atoms with Gasteiger partial charge in [-0.2, -0.15) is 0 Å². The van der Waals surface area contributed by atoms with Gasteiger partial charge in [0.2, 0.25) is 5.91 Å². The fourth-order valence-corrected chi connectivity index (χ4v) is 2.61. The SMILES string of the molecule is O=C(Nc1cccc(N2CCNC2=O)c1)[C@H]1CCCN1. The summed E-state index contributed by atoms with van der Waals surface area (Å²) in [5.41, 5.74) is 1.53. The summed E-state index contributed by atoms with van der Waals surface area (Å²) in [5.74, 6) is -0.00877. The van der Waals surface area contributed by atoms with E-state index in [9.17, 15) is 9.59 Å². The van der Waals surface area contributed by atoms with Gasteiger partial charge < -0.3 is 16.0 Å². The zero-order valence-corrected chi connectivity index (χ0v) is 11.2. The highest BCUT2D eigenvalue weighted by Crippen LogP contribution is 2.21. The first-order valence-electron chi connectivity index (χ1n) is 6.94. The van der Waals surface area contributed by atoms with E-state index in [2.05, 4.69) is 16.0 Å². The van der Waals surface area contributed by atoms with Crippen LogP contribution in [0.3, 0.4) is 0 Å². The fraction of sp³-hybridized carbons (Fsp3) is 0.429. The Morgan fingerprint density at radius 2 is 2.25 bits per heavy atom. The first kappa shape index (κ1) is 12.9. The molecule has 106 valence electrons. The van der Waals surface area contributed by atoms with Gasteiger partial charge in [0.15, 0.2) is 0 Å². The van der Waals surface area contributed by atoms with Crippen molar-refractivity contribution in [3.8, 4) is 0 Å². The Kier molecular flexibility index (Phi) is 3.56. The van der Waals surface area contributed by atoms with Crippen LogP contribution in [-0.4, -0.2) is 37.6 Å². The molecule has 2 saturated heterocycles. The molecule has 3 amide bonds. The molecule has 20 heavy (non-hydrogen) atoms. The first-order chi connectivity index (χ1) is 9.74. The van der Waals surface area contributed by atoms with Gasteiger partial charge in [-0.05, 0) is 37.6 Å². The quantitative estimate of drug-likeness (QED) is 0.767. The number of carbonyl (C=O) groups excluding carboxylic acids is 2. The van der Waals surface area contributed by atoms with Crippen molar-refractivity contribution in [3.05, 3.63) is 24.3 Å². The number of hydrogen-bond donors (Lipinski definition) is 3. The van der Waals surface area contributed by atoms with Gasteiger partial charge in [0.25, 0.3) is 0 Å². The van der Waals surface area contributed by atoms with Crippen LogP contribution in [0, 0.1) is 0 Å². The lowest BCUT2D eigenvalue weighted by Crippen LogP contribution is -2.35. The third-order valence-electron chi connectivity index (χ3n) is 3.66. The number of benzene rings is 1. The summed E-state index contributed by atoms with van der Waals surface area (Å²) >= 11 is 0. The molecule has 6 heteroatoms. The molecule has 1 atom stereocenters. The minimum Gasteiger partial charge on any atom is -0.336 e. The number of rotatable bonds is 3. The van der Waals surface area contributed by atoms with E-state index in [0.717, 1.165) is 30.8 Å². The Morgan fingerprint density at radius 3 is 2.95 bits per heavy atom. The van der Waals surface area contributed by atoms with E-state index in [1.807, 2.05) is 24.3 Å². The van der Waals surface area contributed by atoms with Crippen molar-refractivity contribution in [2.45, 2.75) is 18.9 Å². The summed E-state index contributed by atoms with van der Waals surface area (Å²) < 4.78 is 0. The summed E-state index contributed by atoms with van der Waals surface area (Å²) in [6.45, 7) is 2.20. The van der Waals surface area contributed by atoms with Gasteiger partial charge in [-0.1, -0.05) is 6.07 Å². The van der Waals surface area contributed by atoms with Crippen LogP contribution in [0.4, 0.5) is 16.2 Å². The van der Waals surface area contributed by atoms with Gasteiger partial charge in [-0.15, -0.1) is 0 Å². The van der Waals surface area contributed by atoms with Crippen molar-refractivity contribution < 1.29 is 9.59 Å². The molecule has 1 aromatic carbocycles. The van der Waals surface area contributed by atoms with Crippen LogP contribution in [0.15, 0.2) is 24.3 Å². The zero-order chi connectivity index (χ0) is 13.9. The monoisotopic (exact) mass is 274 g/mol. The molecule has 3 N–H and O–H groups in total. The minimum absolute atomic E-state index is 0.00877. The van der Waals surface area contributed by atoms with Crippen molar-refractivity contribution in [1.29, 1.82) is 0 Å². The molecule has 2 aliphatic heterocycles. The van der Waals surface area contributed by atoms with Crippen LogP contribution in [0.2, 0.25) is 0 Å². The van der Waals surface area contributed by atoms with Crippen molar-refractivity contribution in [3.63, 3.8) is 0 Å². The number of anilines is 2. The molecule has 3 rings (SSSR count). The second-order valence-corrected chi connectivity index (χ2v) is 5.07. The molecule has 2 heterocycles. The van der Waals surface area contributed by atoms with Crippen LogP contribution < -0.4 is 20.9 Å². The standard InChI is InChI=1S/C14H18N4O2/c19-13(12-5-2-6-15-12)17-10-3-1-4-11(9-10)18-8-7-16-14(18)20/h1,3-4,9,12,15H,2,5-8H2,(H,16,20)(H,17,19)/t12-/m1/s1. The number of hydrogen-bond acceptors (Lipinski definition) is 3. The summed E-state index contributed by atoms with van der Waals surface area (Å²) in [6.07, 6.45) is 1.91. The van der Waals surface area contributed by atoms with Crippen molar-refractivity contribution in [1.82, 2.24) is 10.6 Å². The predicted molar refractivity (Wildman–Crippen MR) is 76.8 cm³/mol. The number of urea groups is 1. The molecule has 0 bridgehead atoms. The lowest BCUT2D eigenvalue weighted by molar-refractivity contribution is -0.117. The van der Waals surface area contributed by atoms with Crippen molar-refractivity contribution in [2.75, 3.05) is 29.9 Å². The van der Waals surface area contributed by atoms with Gasteiger partial charge >= 0.3 is 6.03 Å². The van der Waals surface area contributed by atoms with Gasteiger partial charge in [0.1, 0.15) is 0 Å². The Hall–Kier alpha value is -2.08. The summed E-state index contributed by atoms with van der Waals surface area (Å²) in [4.78, 5) is 25.4.